The van der Waals surface area contributed by atoms with Gasteiger partial charge in [0, 0.05) is 30.6 Å². The average Bonchev–Trinajstić information content (AvgIpc) is 3.01. The van der Waals surface area contributed by atoms with Gasteiger partial charge in [-0.05, 0) is 29.0 Å². The SMILES string of the molecule is Cc1cccc(-c2nnnn2-c2ccn(C)n2)c1N. The zero-order valence-electron chi connectivity index (χ0n) is 10.6. The monoisotopic (exact) mass is 255 g/mol. The summed E-state index contributed by atoms with van der Waals surface area (Å²) in [5.41, 5.74) is 8.56. The summed E-state index contributed by atoms with van der Waals surface area (Å²) in [6.45, 7) is 1.95. The number of aromatic nitrogens is 6. The quantitative estimate of drug-likeness (QED) is 0.689. The predicted octanol–water partition coefficient (Wildman–Crippen LogP) is 0.953. The molecule has 2 N–H and O–H groups in total. The van der Waals surface area contributed by atoms with E-state index in [1.165, 1.54) is 0 Å². The fraction of sp³-hybridized carbons (Fsp3) is 0.167. The van der Waals surface area contributed by atoms with Crippen molar-refractivity contribution in [2.24, 2.45) is 7.05 Å². The van der Waals surface area contributed by atoms with Gasteiger partial charge in [0.1, 0.15) is 0 Å². The molecule has 3 aromatic rings. The molecule has 0 aliphatic carbocycles. The van der Waals surface area contributed by atoms with Crippen LogP contribution in [-0.4, -0.2) is 30.0 Å². The molecule has 0 bridgehead atoms. The Bertz CT molecular complexity index is 725. The van der Waals surface area contributed by atoms with Crippen molar-refractivity contribution in [3.05, 3.63) is 36.0 Å². The van der Waals surface area contributed by atoms with Crippen LogP contribution in [0.2, 0.25) is 0 Å². The maximum Gasteiger partial charge on any atom is 0.191 e. The number of hydrogen-bond acceptors (Lipinski definition) is 5. The molecule has 0 unspecified atom stereocenters. The molecule has 0 spiro atoms. The van der Waals surface area contributed by atoms with Crippen LogP contribution >= 0.6 is 0 Å². The zero-order valence-corrected chi connectivity index (χ0v) is 10.6. The van der Waals surface area contributed by atoms with Crippen LogP contribution in [-0.2, 0) is 7.05 Å². The molecule has 2 heterocycles. The summed E-state index contributed by atoms with van der Waals surface area (Å²) < 4.78 is 3.27. The zero-order chi connectivity index (χ0) is 13.4. The Balaban J connectivity index is 2.17. The van der Waals surface area contributed by atoms with Gasteiger partial charge in [-0.15, -0.1) is 5.10 Å². The summed E-state index contributed by atoms with van der Waals surface area (Å²) in [6.07, 6.45) is 1.83. The highest BCUT2D eigenvalue weighted by Gasteiger charge is 2.15. The lowest BCUT2D eigenvalue weighted by Gasteiger charge is -2.07. The number of nitrogens with two attached hydrogens (primary N) is 1. The first-order valence-corrected chi connectivity index (χ1v) is 5.80. The molecule has 0 atom stereocenters. The second-order valence-electron chi connectivity index (χ2n) is 4.30. The normalized spacial score (nSPS) is 10.8. The number of nitrogen functional groups attached to an aromatic ring is 1. The van der Waals surface area contributed by atoms with E-state index in [0.717, 1.165) is 11.1 Å². The van der Waals surface area contributed by atoms with Crippen molar-refractivity contribution in [1.82, 2.24) is 30.0 Å². The largest absolute Gasteiger partial charge is 0.398 e. The van der Waals surface area contributed by atoms with E-state index in [1.54, 1.807) is 9.36 Å². The van der Waals surface area contributed by atoms with Crippen molar-refractivity contribution < 1.29 is 0 Å². The fourth-order valence-corrected chi connectivity index (χ4v) is 1.90. The van der Waals surface area contributed by atoms with Gasteiger partial charge in [0.15, 0.2) is 11.6 Å². The molecule has 3 rings (SSSR count). The first-order chi connectivity index (χ1) is 9.16. The van der Waals surface area contributed by atoms with Gasteiger partial charge in [-0.1, -0.05) is 12.1 Å². The molecule has 0 radical (unpaired) electrons. The molecule has 0 fully saturated rings. The summed E-state index contributed by atoms with van der Waals surface area (Å²) in [4.78, 5) is 0. The Morgan fingerprint density at radius 3 is 2.79 bits per heavy atom. The van der Waals surface area contributed by atoms with Gasteiger partial charge in [0.25, 0.3) is 0 Å². The van der Waals surface area contributed by atoms with Crippen LogP contribution in [0.1, 0.15) is 5.56 Å². The minimum atomic E-state index is 0.583. The first kappa shape index (κ1) is 11.4. The molecular formula is C12H13N7. The Labute approximate surface area is 109 Å². The van der Waals surface area contributed by atoms with Gasteiger partial charge in [-0.3, -0.25) is 4.68 Å². The van der Waals surface area contributed by atoms with Crippen LogP contribution in [0, 0.1) is 6.92 Å². The van der Waals surface area contributed by atoms with E-state index in [4.69, 9.17) is 5.73 Å². The van der Waals surface area contributed by atoms with Crippen LogP contribution in [0.25, 0.3) is 17.2 Å². The minimum absolute atomic E-state index is 0.583. The van der Waals surface area contributed by atoms with Crippen molar-refractivity contribution in [1.29, 1.82) is 0 Å². The Kier molecular flexibility index (Phi) is 2.52. The molecule has 1 aromatic carbocycles. The molecule has 19 heavy (non-hydrogen) atoms. The first-order valence-electron chi connectivity index (χ1n) is 5.80. The highest BCUT2D eigenvalue weighted by Crippen LogP contribution is 2.27. The third-order valence-corrected chi connectivity index (χ3v) is 2.95. The minimum Gasteiger partial charge on any atom is -0.398 e. The number of benzene rings is 1. The number of anilines is 1. The van der Waals surface area contributed by atoms with Crippen LogP contribution in [0.5, 0.6) is 0 Å². The topological polar surface area (TPSA) is 87.4 Å². The van der Waals surface area contributed by atoms with Gasteiger partial charge in [0.2, 0.25) is 0 Å². The molecule has 2 aromatic heterocycles. The number of para-hydroxylation sites is 1. The van der Waals surface area contributed by atoms with Crippen LogP contribution in [0.3, 0.4) is 0 Å². The van der Waals surface area contributed by atoms with E-state index in [-0.39, 0.29) is 0 Å². The molecule has 0 aliphatic rings. The van der Waals surface area contributed by atoms with Gasteiger partial charge in [-0.25, -0.2) is 0 Å². The van der Waals surface area contributed by atoms with Crippen molar-refractivity contribution in [3.8, 4) is 17.2 Å². The average molecular weight is 255 g/mol. The van der Waals surface area contributed by atoms with E-state index in [1.807, 2.05) is 44.4 Å². The van der Waals surface area contributed by atoms with Crippen molar-refractivity contribution in [2.75, 3.05) is 5.73 Å². The highest BCUT2D eigenvalue weighted by molar-refractivity contribution is 5.74. The number of tetrazole rings is 1. The van der Waals surface area contributed by atoms with Gasteiger partial charge < -0.3 is 5.73 Å². The standard InChI is InChI=1S/C12H13N7/c1-8-4-3-5-9(11(8)13)12-14-16-17-19(12)10-6-7-18(2)15-10/h3-7H,13H2,1-2H3. The van der Waals surface area contributed by atoms with E-state index in [9.17, 15) is 0 Å². The Morgan fingerprint density at radius 1 is 1.21 bits per heavy atom. The second-order valence-corrected chi connectivity index (χ2v) is 4.30. The molecular weight excluding hydrogens is 242 g/mol. The Hall–Kier alpha value is -2.70. The van der Waals surface area contributed by atoms with E-state index in [2.05, 4.69) is 20.6 Å². The Morgan fingerprint density at radius 2 is 2.05 bits per heavy atom. The third kappa shape index (κ3) is 1.85. The summed E-state index contributed by atoms with van der Waals surface area (Å²) in [6, 6.07) is 7.62. The van der Waals surface area contributed by atoms with Gasteiger partial charge in [-0.2, -0.15) is 9.78 Å². The van der Waals surface area contributed by atoms with Crippen molar-refractivity contribution in [2.45, 2.75) is 6.92 Å². The van der Waals surface area contributed by atoms with E-state index < -0.39 is 0 Å². The second kappa shape index (κ2) is 4.20. The molecule has 96 valence electrons. The maximum absolute atomic E-state index is 6.09. The van der Waals surface area contributed by atoms with Gasteiger partial charge in [0.05, 0.1) is 0 Å². The highest BCUT2D eigenvalue weighted by atomic mass is 15.6. The number of aryl methyl sites for hydroxylation is 2. The molecule has 0 saturated carbocycles. The smallest absolute Gasteiger partial charge is 0.191 e. The third-order valence-electron chi connectivity index (χ3n) is 2.95. The maximum atomic E-state index is 6.09. The number of hydrogen-bond donors (Lipinski definition) is 1. The fourth-order valence-electron chi connectivity index (χ4n) is 1.90. The van der Waals surface area contributed by atoms with E-state index >= 15 is 0 Å². The lowest BCUT2D eigenvalue weighted by Crippen LogP contribution is -2.04. The molecule has 0 saturated heterocycles. The molecule has 0 aliphatic heterocycles. The van der Waals surface area contributed by atoms with Gasteiger partial charge >= 0.3 is 0 Å². The summed E-state index contributed by atoms with van der Waals surface area (Å²) in [5.74, 6) is 1.24. The lowest BCUT2D eigenvalue weighted by molar-refractivity contribution is 0.715. The number of nitrogens with zero attached hydrogens (tertiary/aromatic N) is 6. The van der Waals surface area contributed by atoms with Crippen molar-refractivity contribution >= 4 is 5.69 Å². The molecule has 7 heteroatoms. The summed E-state index contributed by atoms with van der Waals surface area (Å²) >= 11 is 0. The molecule has 7 nitrogen and oxygen atoms in total. The van der Waals surface area contributed by atoms with E-state index in [0.29, 0.717) is 17.3 Å². The summed E-state index contributed by atoms with van der Waals surface area (Å²) in [7, 11) is 1.84. The van der Waals surface area contributed by atoms with Crippen LogP contribution in [0.15, 0.2) is 30.5 Å². The van der Waals surface area contributed by atoms with Crippen LogP contribution < -0.4 is 5.73 Å². The number of rotatable bonds is 2. The predicted molar refractivity (Wildman–Crippen MR) is 70.5 cm³/mol. The van der Waals surface area contributed by atoms with Crippen LogP contribution in [0.4, 0.5) is 5.69 Å². The van der Waals surface area contributed by atoms with Crippen molar-refractivity contribution in [3.63, 3.8) is 0 Å². The lowest BCUT2D eigenvalue weighted by atomic mass is 10.1. The summed E-state index contributed by atoms with van der Waals surface area (Å²) in [5, 5.41) is 16.0. The molecule has 0 amide bonds.